The van der Waals surface area contributed by atoms with Crippen molar-refractivity contribution in [2.45, 2.75) is 25.7 Å². The van der Waals surface area contributed by atoms with Crippen LogP contribution in [0.15, 0.2) is 71.6 Å². The number of anilines is 2. The Labute approximate surface area is 193 Å². The van der Waals surface area contributed by atoms with E-state index in [4.69, 9.17) is 16.3 Å². The lowest BCUT2D eigenvalue weighted by Crippen LogP contribution is -2.38. The molecule has 0 aliphatic carbocycles. The van der Waals surface area contributed by atoms with Crippen molar-refractivity contribution >= 4 is 38.9 Å². The third kappa shape index (κ3) is 5.60. The van der Waals surface area contributed by atoms with E-state index in [1.54, 1.807) is 61.5 Å². The van der Waals surface area contributed by atoms with E-state index in [1.807, 2.05) is 13.8 Å². The summed E-state index contributed by atoms with van der Waals surface area (Å²) in [5.74, 6) is 0.213. The Morgan fingerprint density at radius 1 is 1.00 bits per heavy atom. The fourth-order valence-electron chi connectivity index (χ4n) is 3.17. The molecule has 3 aromatic carbocycles. The SMILES string of the molecule is CCOc1ccc(NC(=O)CN(c2ccc(Cl)cc2C)S(=O)(=O)c2ccc(C)cc2)cc1. The summed E-state index contributed by atoms with van der Waals surface area (Å²) >= 11 is 6.06. The van der Waals surface area contributed by atoms with Crippen molar-refractivity contribution in [2.24, 2.45) is 0 Å². The molecule has 168 valence electrons. The maximum atomic E-state index is 13.5. The van der Waals surface area contributed by atoms with Crippen LogP contribution < -0.4 is 14.4 Å². The summed E-state index contributed by atoms with van der Waals surface area (Å²) in [5, 5.41) is 3.23. The molecule has 32 heavy (non-hydrogen) atoms. The molecule has 6 nitrogen and oxygen atoms in total. The van der Waals surface area contributed by atoms with Gasteiger partial charge in [0.25, 0.3) is 10.0 Å². The molecule has 0 radical (unpaired) electrons. The van der Waals surface area contributed by atoms with Crippen molar-refractivity contribution in [1.82, 2.24) is 0 Å². The number of carbonyl (C=O) groups is 1. The summed E-state index contributed by atoms with van der Waals surface area (Å²) in [4.78, 5) is 12.9. The van der Waals surface area contributed by atoms with Gasteiger partial charge < -0.3 is 10.1 Å². The van der Waals surface area contributed by atoms with Crippen LogP contribution in [0.1, 0.15) is 18.1 Å². The molecule has 0 heterocycles. The molecule has 1 N–H and O–H groups in total. The van der Waals surface area contributed by atoms with Crippen molar-refractivity contribution in [3.63, 3.8) is 0 Å². The van der Waals surface area contributed by atoms with Crippen LogP contribution in [0.2, 0.25) is 5.02 Å². The van der Waals surface area contributed by atoms with Crippen LogP contribution >= 0.6 is 11.6 Å². The number of halogens is 1. The first-order valence-corrected chi connectivity index (χ1v) is 11.9. The molecule has 0 fully saturated rings. The van der Waals surface area contributed by atoms with Crippen LogP contribution in [-0.4, -0.2) is 27.5 Å². The number of rotatable bonds is 8. The van der Waals surface area contributed by atoms with Crippen molar-refractivity contribution < 1.29 is 17.9 Å². The van der Waals surface area contributed by atoms with E-state index < -0.39 is 22.5 Å². The van der Waals surface area contributed by atoms with Crippen molar-refractivity contribution in [2.75, 3.05) is 22.8 Å². The molecular formula is C24H25ClN2O4S. The molecule has 0 saturated carbocycles. The van der Waals surface area contributed by atoms with Gasteiger partial charge in [-0.3, -0.25) is 9.10 Å². The first kappa shape index (κ1) is 23.6. The van der Waals surface area contributed by atoms with Gasteiger partial charge in [-0.1, -0.05) is 29.3 Å². The summed E-state index contributed by atoms with van der Waals surface area (Å²) in [6, 6.07) is 18.3. The van der Waals surface area contributed by atoms with Gasteiger partial charge in [0.1, 0.15) is 12.3 Å². The Kier molecular flexibility index (Phi) is 7.43. The number of nitrogens with zero attached hydrogens (tertiary/aromatic N) is 1. The highest BCUT2D eigenvalue weighted by Gasteiger charge is 2.28. The van der Waals surface area contributed by atoms with Crippen LogP contribution in [0.4, 0.5) is 11.4 Å². The Hall–Kier alpha value is -3.03. The van der Waals surface area contributed by atoms with Crippen LogP contribution in [-0.2, 0) is 14.8 Å². The molecule has 0 aromatic heterocycles. The molecule has 0 spiro atoms. The van der Waals surface area contributed by atoms with Gasteiger partial charge in [-0.05, 0) is 80.9 Å². The fraction of sp³-hybridized carbons (Fsp3) is 0.208. The Balaban J connectivity index is 1.92. The second-order valence-electron chi connectivity index (χ2n) is 7.26. The number of ether oxygens (including phenoxy) is 1. The molecule has 0 atom stereocenters. The van der Waals surface area contributed by atoms with E-state index in [9.17, 15) is 13.2 Å². The first-order valence-electron chi connectivity index (χ1n) is 10.1. The van der Waals surface area contributed by atoms with Crippen molar-refractivity contribution in [3.05, 3.63) is 82.9 Å². The van der Waals surface area contributed by atoms with E-state index in [2.05, 4.69) is 5.32 Å². The number of aryl methyl sites for hydroxylation is 2. The van der Waals surface area contributed by atoms with Gasteiger partial charge in [0.2, 0.25) is 5.91 Å². The number of nitrogens with one attached hydrogen (secondary N) is 1. The standard InChI is InChI=1S/C24H25ClN2O4S/c1-4-31-21-10-8-20(9-11-21)26-24(28)16-27(23-14-7-19(25)15-18(23)3)32(29,30)22-12-5-17(2)6-13-22/h5-15H,4,16H2,1-3H3,(H,26,28). The Bertz CT molecular complexity index is 1190. The predicted molar refractivity (Wildman–Crippen MR) is 128 cm³/mol. The van der Waals surface area contributed by atoms with E-state index in [-0.39, 0.29) is 4.90 Å². The highest BCUT2D eigenvalue weighted by atomic mass is 35.5. The van der Waals surface area contributed by atoms with Gasteiger partial charge in [0.05, 0.1) is 17.2 Å². The monoisotopic (exact) mass is 472 g/mol. The smallest absolute Gasteiger partial charge is 0.264 e. The number of sulfonamides is 1. The fourth-order valence-corrected chi connectivity index (χ4v) is 4.88. The number of benzene rings is 3. The number of hydrogen-bond donors (Lipinski definition) is 1. The quantitative estimate of drug-likeness (QED) is 0.489. The normalized spacial score (nSPS) is 11.1. The average molecular weight is 473 g/mol. The Morgan fingerprint density at radius 2 is 1.66 bits per heavy atom. The van der Waals surface area contributed by atoms with Gasteiger partial charge in [-0.2, -0.15) is 0 Å². The summed E-state index contributed by atoms with van der Waals surface area (Å²) in [6.45, 7) is 5.66. The van der Waals surface area contributed by atoms with Gasteiger partial charge in [0.15, 0.2) is 0 Å². The zero-order valence-electron chi connectivity index (χ0n) is 18.1. The second kappa shape index (κ2) is 10.1. The lowest BCUT2D eigenvalue weighted by atomic mass is 10.2. The molecule has 0 bridgehead atoms. The first-order chi connectivity index (χ1) is 15.2. The van der Waals surface area contributed by atoms with E-state index >= 15 is 0 Å². The van der Waals surface area contributed by atoms with Crippen LogP contribution in [0.25, 0.3) is 0 Å². The summed E-state index contributed by atoms with van der Waals surface area (Å²) in [6.07, 6.45) is 0. The topological polar surface area (TPSA) is 75.7 Å². The molecular weight excluding hydrogens is 448 g/mol. The highest BCUT2D eigenvalue weighted by molar-refractivity contribution is 7.92. The zero-order chi connectivity index (χ0) is 23.3. The molecule has 0 unspecified atom stereocenters. The number of hydrogen-bond acceptors (Lipinski definition) is 4. The van der Waals surface area contributed by atoms with E-state index in [1.165, 1.54) is 12.1 Å². The average Bonchev–Trinajstić information content (AvgIpc) is 2.74. The molecule has 0 saturated heterocycles. The van der Waals surface area contributed by atoms with Crippen molar-refractivity contribution in [1.29, 1.82) is 0 Å². The summed E-state index contributed by atoms with van der Waals surface area (Å²) in [7, 11) is -4.00. The van der Waals surface area contributed by atoms with Crippen molar-refractivity contribution in [3.8, 4) is 5.75 Å². The van der Waals surface area contributed by atoms with E-state index in [0.29, 0.717) is 34.3 Å². The summed E-state index contributed by atoms with van der Waals surface area (Å²) in [5.41, 5.74) is 2.50. The maximum absolute atomic E-state index is 13.5. The largest absolute Gasteiger partial charge is 0.494 e. The Morgan fingerprint density at radius 3 is 2.25 bits per heavy atom. The van der Waals surface area contributed by atoms with Gasteiger partial charge in [-0.25, -0.2) is 8.42 Å². The molecule has 0 aliphatic heterocycles. The molecule has 3 rings (SSSR count). The highest BCUT2D eigenvalue weighted by Crippen LogP contribution is 2.29. The minimum absolute atomic E-state index is 0.103. The third-order valence-electron chi connectivity index (χ3n) is 4.77. The van der Waals surface area contributed by atoms with Gasteiger partial charge in [0, 0.05) is 10.7 Å². The zero-order valence-corrected chi connectivity index (χ0v) is 19.7. The molecule has 8 heteroatoms. The van der Waals surface area contributed by atoms with E-state index in [0.717, 1.165) is 9.87 Å². The van der Waals surface area contributed by atoms with Crippen LogP contribution in [0.5, 0.6) is 5.75 Å². The number of carbonyl (C=O) groups excluding carboxylic acids is 1. The summed E-state index contributed by atoms with van der Waals surface area (Å²) < 4.78 is 33.5. The van der Waals surface area contributed by atoms with Crippen LogP contribution in [0.3, 0.4) is 0 Å². The van der Waals surface area contributed by atoms with Gasteiger partial charge >= 0.3 is 0 Å². The third-order valence-corrected chi connectivity index (χ3v) is 6.78. The molecule has 3 aromatic rings. The maximum Gasteiger partial charge on any atom is 0.264 e. The van der Waals surface area contributed by atoms with Gasteiger partial charge in [-0.15, -0.1) is 0 Å². The second-order valence-corrected chi connectivity index (χ2v) is 9.56. The lowest BCUT2D eigenvalue weighted by molar-refractivity contribution is -0.114. The molecule has 0 aliphatic rings. The molecule has 1 amide bonds. The number of amides is 1. The predicted octanol–water partition coefficient (Wildman–Crippen LogP) is 5.19. The van der Waals surface area contributed by atoms with Crippen LogP contribution in [0, 0.1) is 13.8 Å². The minimum atomic E-state index is -4.00. The lowest BCUT2D eigenvalue weighted by Gasteiger charge is -2.26. The minimum Gasteiger partial charge on any atom is -0.494 e.